The molecule has 3 heterocycles. The number of hydrogen-bond donors (Lipinski definition) is 2. The summed E-state index contributed by atoms with van der Waals surface area (Å²) in [5.41, 5.74) is 1.14. The Morgan fingerprint density at radius 2 is 2.00 bits per heavy atom. The molecule has 2 aromatic heterocycles. The van der Waals surface area contributed by atoms with Gasteiger partial charge in [0.05, 0.1) is 0 Å². The zero-order valence-corrected chi connectivity index (χ0v) is 11.8. The van der Waals surface area contributed by atoms with Crippen molar-refractivity contribution in [3.63, 3.8) is 0 Å². The monoisotopic (exact) mass is 285 g/mol. The van der Waals surface area contributed by atoms with Crippen molar-refractivity contribution in [1.29, 1.82) is 0 Å². The first kappa shape index (κ1) is 11.9. The van der Waals surface area contributed by atoms with Crippen LogP contribution in [0.2, 0.25) is 0 Å². The summed E-state index contributed by atoms with van der Waals surface area (Å²) in [6.45, 7) is 3.90. The SMILES string of the molecule is c1ccc2c(-c3nc(N4CCNCC4)n[nH]3)csc2c1. The molecule has 0 unspecified atom stereocenters. The standard InChI is InChI=1S/C14H15N5S/c1-2-4-12-10(3-1)11(9-20-12)13-16-14(18-17-13)19-7-5-15-6-8-19/h1-4,9,15H,5-8H2,(H,16,17,18). The van der Waals surface area contributed by atoms with Gasteiger partial charge in [0.15, 0.2) is 5.82 Å². The highest BCUT2D eigenvalue weighted by molar-refractivity contribution is 7.17. The first-order valence-corrected chi connectivity index (χ1v) is 7.64. The summed E-state index contributed by atoms with van der Waals surface area (Å²) >= 11 is 1.74. The van der Waals surface area contributed by atoms with Crippen molar-refractivity contribution in [1.82, 2.24) is 20.5 Å². The summed E-state index contributed by atoms with van der Waals surface area (Å²) in [6, 6.07) is 8.40. The highest BCUT2D eigenvalue weighted by Crippen LogP contribution is 2.32. The lowest BCUT2D eigenvalue weighted by molar-refractivity contribution is 0.580. The molecule has 6 heteroatoms. The molecule has 0 aliphatic carbocycles. The number of aromatic amines is 1. The topological polar surface area (TPSA) is 56.8 Å². The molecule has 0 atom stereocenters. The predicted molar refractivity (Wildman–Crippen MR) is 82.3 cm³/mol. The van der Waals surface area contributed by atoms with Gasteiger partial charge in [-0.3, -0.25) is 5.10 Å². The maximum Gasteiger partial charge on any atom is 0.245 e. The molecule has 1 aliphatic heterocycles. The van der Waals surface area contributed by atoms with Crippen molar-refractivity contribution < 1.29 is 0 Å². The number of nitrogens with one attached hydrogen (secondary N) is 2. The van der Waals surface area contributed by atoms with E-state index < -0.39 is 0 Å². The van der Waals surface area contributed by atoms with Crippen molar-refractivity contribution in [2.75, 3.05) is 31.1 Å². The third-order valence-electron chi connectivity index (χ3n) is 3.61. The largest absolute Gasteiger partial charge is 0.337 e. The first-order valence-electron chi connectivity index (χ1n) is 6.76. The van der Waals surface area contributed by atoms with Crippen LogP contribution in [0.1, 0.15) is 0 Å². The van der Waals surface area contributed by atoms with E-state index in [1.165, 1.54) is 10.1 Å². The van der Waals surface area contributed by atoms with E-state index in [1.807, 2.05) is 0 Å². The number of benzene rings is 1. The Labute approximate surface area is 120 Å². The van der Waals surface area contributed by atoms with Crippen molar-refractivity contribution in [2.45, 2.75) is 0 Å². The summed E-state index contributed by atoms with van der Waals surface area (Å²) in [4.78, 5) is 6.88. The van der Waals surface area contributed by atoms with Crippen LogP contribution in [-0.2, 0) is 0 Å². The van der Waals surface area contributed by atoms with Gasteiger partial charge in [-0.05, 0) is 6.07 Å². The quantitative estimate of drug-likeness (QED) is 0.757. The number of anilines is 1. The van der Waals surface area contributed by atoms with E-state index >= 15 is 0 Å². The minimum atomic E-state index is 0.803. The Morgan fingerprint density at radius 3 is 2.90 bits per heavy atom. The van der Waals surface area contributed by atoms with Gasteiger partial charge in [0.2, 0.25) is 5.95 Å². The van der Waals surface area contributed by atoms with Gasteiger partial charge in [-0.1, -0.05) is 18.2 Å². The first-order chi connectivity index (χ1) is 9.92. The second-order valence-corrected chi connectivity index (χ2v) is 5.78. The molecular formula is C14H15N5S. The molecule has 0 bridgehead atoms. The van der Waals surface area contributed by atoms with Crippen LogP contribution in [0, 0.1) is 0 Å². The van der Waals surface area contributed by atoms with E-state index in [0.717, 1.165) is 43.5 Å². The number of H-pyrrole nitrogens is 1. The molecule has 0 radical (unpaired) electrons. The minimum absolute atomic E-state index is 0.803. The normalized spacial score (nSPS) is 15.9. The molecule has 20 heavy (non-hydrogen) atoms. The Kier molecular flexibility index (Phi) is 2.90. The number of hydrogen-bond acceptors (Lipinski definition) is 5. The van der Waals surface area contributed by atoms with E-state index in [-0.39, 0.29) is 0 Å². The van der Waals surface area contributed by atoms with Crippen LogP contribution in [0.15, 0.2) is 29.6 Å². The van der Waals surface area contributed by atoms with Crippen LogP contribution < -0.4 is 10.2 Å². The van der Waals surface area contributed by atoms with E-state index in [9.17, 15) is 0 Å². The Hall–Kier alpha value is -1.92. The zero-order valence-electron chi connectivity index (χ0n) is 11.0. The summed E-state index contributed by atoms with van der Waals surface area (Å²) in [7, 11) is 0. The molecule has 0 saturated carbocycles. The minimum Gasteiger partial charge on any atom is -0.337 e. The van der Waals surface area contributed by atoms with Gasteiger partial charge in [-0.25, -0.2) is 0 Å². The van der Waals surface area contributed by atoms with Crippen LogP contribution >= 0.6 is 11.3 Å². The van der Waals surface area contributed by atoms with Gasteiger partial charge < -0.3 is 10.2 Å². The molecular weight excluding hydrogens is 270 g/mol. The van der Waals surface area contributed by atoms with Gasteiger partial charge in [0.1, 0.15) is 0 Å². The average Bonchev–Trinajstić information content (AvgIpc) is 3.14. The maximum absolute atomic E-state index is 4.66. The zero-order chi connectivity index (χ0) is 13.4. The van der Waals surface area contributed by atoms with Crippen LogP contribution in [0.4, 0.5) is 5.95 Å². The molecule has 5 nitrogen and oxygen atoms in total. The molecule has 0 spiro atoms. The second-order valence-electron chi connectivity index (χ2n) is 4.87. The van der Waals surface area contributed by atoms with Crippen molar-refractivity contribution >= 4 is 27.4 Å². The summed E-state index contributed by atoms with van der Waals surface area (Å²) in [6.07, 6.45) is 0. The van der Waals surface area contributed by atoms with E-state index in [0.29, 0.717) is 0 Å². The predicted octanol–water partition coefficient (Wildman–Crippen LogP) is 2.10. The fraction of sp³-hybridized carbons (Fsp3) is 0.286. The molecule has 1 saturated heterocycles. The molecule has 1 aromatic carbocycles. The van der Waals surface area contributed by atoms with Gasteiger partial charge in [-0.15, -0.1) is 16.4 Å². The van der Waals surface area contributed by atoms with Crippen LogP contribution in [0.25, 0.3) is 21.5 Å². The Bertz CT molecular complexity index is 726. The highest BCUT2D eigenvalue weighted by atomic mass is 32.1. The van der Waals surface area contributed by atoms with E-state index in [2.05, 4.69) is 55.0 Å². The van der Waals surface area contributed by atoms with Gasteiger partial charge in [0, 0.05) is 47.2 Å². The summed E-state index contributed by atoms with van der Waals surface area (Å²) < 4.78 is 1.28. The average molecular weight is 285 g/mol. The van der Waals surface area contributed by atoms with Crippen molar-refractivity contribution in [3.05, 3.63) is 29.6 Å². The fourth-order valence-corrected chi connectivity index (χ4v) is 3.49. The van der Waals surface area contributed by atoms with Gasteiger partial charge in [-0.2, -0.15) is 4.98 Å². The van der Waals surface area contributed by atoms with Crippen molar-refractivity contribution in [3.8, 4) is 11.4 Å². The highest BCUT2D eigenvalue weighted by Gasteiger charge is 2.16. The number of piperazine rings is 1. The number of aromatic nitrogens is 3. The fourth-order valence-electron chi connectivity index (χ4n) is 2.54. The smallest absolute Gasteiger partial charge is 0.245 e. The lowest BCUT2D eigenvalue weighted by Crippen LogP contribution is -2.44. The van der Waals surface area contributed by atoms with Crippen molar-refractivity contribution in [2.24, 2.45) is 0 Å². The number of rotatable bonds is 2. The second kappa shape index (κ2) is 4.88. The third kappa shape index (κ3) is 1.97. The number of fused-ring (bicyclic) bond motifs is 1. The summed E-state index contributed by atoms with van der Waals surface area (Å²) in [5, 5.41) is 14.2. The molecule has 0 amide bonds. The third-order valence-corrected chi connectivity index (χ3v) is 4.57. The summed E-state index contributed by atoms with van der Waals surface area (Å²) in [5.74, 6) is 1.66. The lowest BCUT2D eigenvalue weighted by Gasteiger charge is -2.25. The Morgan fingerprint density at radius 1 is 1.15 bits per heavy atom. The van der Waals surface area contributed by atoms with Crippen LogP contribution in [0.5, 0.6) is 0 Å². The molecule has 1 aliphatic rings. The van der Waals surface area contributed by atoms with Gasteiger partial charge >= 0.3 is 0 Å². The molecule has 102 valence electrons. The van der Waals surface area contributed by atoms with E-state index in [4.69, 9.17) is 0 Å². The molecule has 3 aromatic rings. The number of nitrogens with zero attached hydrogens (tertiary/aromatic N) is 3. The molecule has 2 N–H and O–H groups in total. The number of thiophene rings is 1. The van der Waals surface area contributed by atoms with Crippen LogP contribution in [0.3, 0.4) is 0 Å². The lowest BCUT2D eigenvalue weighted by atomic mass is 10.2. The van der Waals surface area contributed by atoms with Crippen LogP contribution in [-0.4, -0.2) is 41.4 Å². The Balaban J connectivity index is 1.70. The van der Waals surface area contributed by atoms with E-state index in [1.54, 1.807) is 11.3 Å². The van der Waals surface area contributed by atoms with Gasteiger partial charge in [0.25, 0.3) is 0 Å². The molecule has 1 fully saturated rings. The molecule has 4 rings (SSSR count). The maximum atomic E-state index is 4.66.